The molecule has 1 fully saturated rings. The minimum absolute atomic E-state index is 0.117. The zero-order valence-corrected chi connectivity index (χ0v) is 17.5. The van der Waals surface area contributed by atoms with Crippen LogP contribution in [0.5, 0.6) is 5.75 Å². The number of rotatable bonds is 2. The number of hydrogen-bond donors (Lipinski definition) is 0. The molecule has 0 amide bonds. The number of carbonyl (C=O) groups is 1. The van der Waals surface area contributed by atoms with Crippen LogP contribution in [0.25, 0.3) is 16.0 Å². The average molecular weight is 389 g/mol. The van der Waals surface area contributed by atoms with Gasteiger partial charge in [-0.05, 0) is 69.9 Å². The third kappa shape index (κ3) is 4.06. The van der Waals surface area contributed by atoms with E-state index in [1.165, 1.54) is 0 Å². The van der Waals surface area contributed by atoms with Gasteiger partial charge in [0, 0.05) is 12.3 Å². The van der Waals surface area contributed by atoms with E-state index in [-0.39, 0.29) is 29.0 Å². The maximum Gasteiger partial charge on any atom is 0.187 e. The van der Waals surface area contributed by atoms with E-state index >= 15 is 0 Å². The van der Waals surface area contributed by atoms with Crippen molar-refractivity contribution in [2.24, 2.45) is 5.92 Å². The van der Waals surface area contributed by atoms with E-state index in [1.54, 1.807) is 6.07 Å². The summed E-state index contributed by atoms with van der Waals surface area (Å²) in [5, 5.41) is 0. The summed E-state index contributed by atoms with van der Waals surface area (Å²) in [5.41, 5.74) is 2.64. The topological polar surface area (TPSA) is 39.9 Å². The molecule has 2 aromatic rings. The van der Waals surface area contributed by atoms with Crippen LogP contribution in [0, 0.1) is 12.5 Å². The van der Waals surface area contributed by atoms with Crippen LogP contribution in [0.4, 0.5) is 5.69 Å². The first-order chi connectivity index (χ1) is 13.7. The second-order valence-corrected chi connectivity index (χ2v) is 9.45. The second-order valence-electron chi connectivity index (χ2n) is 9.45. The van der Waals surface area contributed by atoms with Gasteiger partial charge in [0.15, 0.2) is 11.5 Å². The smallest absolute Gasteiger partial charge is 0.187 e. The number of ketones is 1. The SMILES string of the molecule is [C-]#[N+]c1cccc(-c2ccc3c(c2)C(=O)CC(C2CC(C)(C)OC(C)(C)C2)O3)c1. The summed E-state index contributed by atoms with van der Waals surface area (Å²) >= 11 is 0. The summed E-state index contributed by atoms with van der Waals surface area (Å²) < 4.78 is 12.5. The predicted molar refractivity (Wildman–Crippen MR) is 113 cm³/mol. The quantitative estimate of drug-likeness (QED) is 0.572. The molecule has 4 heteroatoms. The molecule has 0 bridgehead atoms. The number of ether oxygens (including phenoxy) is 2. The third-order valence-electron chi connectivity index (χ3n) is 5.84. The molecule has 2 aliphatic rings. The van der Waals surface area contributed by atoms with Crippen LogP contribution in [0.3, 0.4) is 0 Å². The Kier molecular flexibility index (Phi) is 4.75. The lowest BCUT2D eigenvalue weighted by atomic mass is 9.76. The van der Waals surface area contributed by atoms with E-state index in [1.807, 2.05) is 36.4 Å². The van der Waals surface area contributed by atoms with Crippen LogP contribution in [0.2, 0.25) is 0 Å². The Morgan fingerprint density at radius 1 is 1.00 bits per heavy atom. The Bertz CT molecular complexity index is 983. The van der Waals surface area contributed by atoms with Gasteiger partial charge in [0.05, 0.1) is 23.3 Å². The van der Waals surface area contributed by atoms with Crippen LogP contribution in [-0.2, 0) is 4.74 Å². The molecule has 1 atom stereocenters. The lowest BCUT2D eigenvalue weighted by Gasteiger charge is -2.47. The monoisotopic (exact) mass is 389 g/mol. The Balaban J connectivity index is 1.60. The highest BCUT2D eigenvalue weighted by molar-refractivity contribution is 6.01. The molecule has 150 valence electrons. The first-order valence-electron chi connectivity index (χ1n) is 10.2. The number of Topliss-reactive ketones (excluding diaryl/α,β-unsaturated/α-hetero) is 1. The molecule has 29 heavy (non-hydrogen) atoms. The molecule has 0 spiro atoms. The molecule has 1 unspecified atom stereocenters. The number of fused-ring (bicyclic) bond motifs is 1. The molecule has 0 aromatic heterocycles. The van der Waals surface area contributed by atoms with Gasteiger partial charge < -0.3 is 9.47 Å². The van der Waals surface area contributed by atoms with Crippen molar-refractivity contribution in [3.63, 3.8) is 0 Å². The largest absolute Gasteiger partial charge is 0.489 e. The molecular weight excluding hydrogens is 362 g/mol. The summed E-state index contributed by atoms with van der Waals surface area (Å²) in [4.78, 5) is 16.5. The average Bonchev–Trinajstić information content (AvgIpc) is 2.65. The van der Waals surface area contributed by atoms with E-state index in [9.17, 15) is 4.79 Å². The summed E-state index contributed by atoms with van der Waals surface area (Å²) in [5.74, 6) is 1.07. The van der Waals surface area contributed by atoms with Crippen LogP contribution in [0.15, 0.2) is 42.5 Å². The lowest BCUT2D eigenvalue weighted by molar-refractivity contribution is -0.183. The molecule has 4 rings (SSSR count). The highest BCUT2D eigenvalue weighted by atomic mass is 16.5. The molecule has 1 saturated heterocycles. The normalized spacial score (nSPS) is 23.0. The lowest BCUT2D eigenvalue weighted by Crippen LogP contribution is -2.50. The zero-order valence-electron chi connectivity index (χ0n) is 17.5. The van der Waals surface area contributed by atoms with Crippen molar-refractivity contribution >= 4 is 11.5 Å². The van der Waals surface area contributed by atoms with Gasteiger partial charge in [-0.3, -0.25) is 4.79 Å². The predicted octanol–water partition coefficient (Wildman–Crippen LogP) is 6.22. The van der Waals surface area contributed by atoms with Crippen molar-refractivity contribution in [3.8, 4) is 16.9 Å². The molecule has 0 saturated carbocycles. The maximum atomic E-state index is 13.0. The van der Waals surface area contributed by atoms with Gasteiger partial charge in [-0.15, -0.1) is 0 Å². The van der Waals surface area contributed by atoms with Gasteiger partial charge in [-0.1, -0.05) is 24.3 Å². The first kappa shape index (κ1) is 19.7. The summed E-state index contributed by atoms with van der Waals surface area (Å²) in [7, 11) is 0. The van der Waals surface area contributed by atoms with Gasteiger partial charge in [-0.2, -0.15) is 0 Å². The van der Waals surface area contributed by atoms with Crippen LogP contribution >= 0.6 is 0 Å². The highest BCUT2D eigenvalue weighted by Gasteiger charge is 2.44. The van der Waals surface area contributed by atoms with Crippen molar-refractivity contribution < 1.29 is 14.3 Å². The minimum atomic E-state index is -0.225. The summed E-state index contributed by atoms with van der Waals surface area (Å²) in [6, 6.07) is 13.2. The molecule has 2 aliphatic heterocycles. The van der Waals surface area contributed by atoms with Crippen molar-refractivity contribution in [1.29, 1.82) is 0 Å². The Morgan fingerprint density at radius 2 is 1.69 bits per heavy atom. The molecule has 2 heterocycles. The summed E-state index contributed by atoms with van der Waals surface area (Å²) in [6.07, 6.45) is 2.04. The molecule has 0 radical (unpaired) electrons. The second kappa shape index (κ2) is 7.00. The minimum Gasteiger partial charge on any atom is -0.489 e. The van der Waals surface area contributed by atoms with E-state index < -0.39 is 0 Å². The molecular formula is C25H27NO3. The van der Waals surface area contributed by atoms with Gasteiger partial charge in [0.1, 0.15) is 11.9 Å². The maximum absolute atomic E-state index is 13.0. The Morgan fingerprint density at radius 3 is 2.38 bits per heavy atom. The molecule has 2 aromatic carbocycles. The van der Waals surface area contributed by atoms with Crippen molar-refractivity contribution in [1.82, 2.24) is 0 Å². The van der Waals surface area contributed by atoms with E-state index in [0.717, 1.165) is 24.0 Å². The number of benzene rings is 2. The van der Waals surface area contributed by atoms with Crippen molar-refractivity contribution in [3.05, 3.63) is 59.4 Å². The van der Waals surface area contributed by atoms with Gasteiger partial charge in [-0.25, -0.2) is 4.85 Å². The summed E-state index contributed by atoms with van der Waals surface area (Å²) in [6.45, 7) is 15.7. The number of hydrogen-bond acceptors (Lipinski definition) is 3. The van der Waals surface area contributed by atoms with Crippen LogP contribution in [-0.4, -0.2) is 23.1 Å². The van der Waals surface area contributed by atoms with E-state index in [0.29, 0.717) is 23.4 Å². The third-order valence-corrected chi connectivity index (χ3v) is 5.84. The zero-order chi connectivity index (χ0) is 20.8. The van der Waals surface area contributed by atoms with Crippen LogP contribution in [0.1, 0.15) is 57.3 Å². The Labute approximate surface area is 172 Å². The fraction of sp³-hybridized carbons (Fsp3) is 0.440. The van der Waals surface area contributed by atoms with E-state index in [2.05, 4.69) is 32.5 Å². The Hall–Kier alpha value is -2.64. The fourth-order valence-electron chi connectivity index (χ4n) is 4.97. The van der Waals surface area contributed by atoms with Crippen molar-refractivity contribution in [2.75, 3.05) is 0 Å². The van der Waals surface area contributed by atoms with Crippen LogP contribution < -0.4 is 4.74 Å². The standard InChI is InChI=1S/C25H27NO3/c1-24(2)14-18(15-25(3,4)29-24)23-13-21(27)20-12-17(9-10-22(20)28-23)16-7-6-8-19(11-16)26-5/h6-12,18,23H,13-15H2,1-4H3. The molecule has 0 aliphatic carbocycles. The van der Waals surface area contributed by atoms with Gasteiger partial charge in [0.25, 0.3) is 0 Å². The highest BCUT2D eigenvalue weighted by Crippen LogP contribution is 2.43. The fourth-order valence-corrected chi connectivity index (χ4v) is 4.97. The van der Waals surface area contributed by atoms with Crippen molar-refractivity contribution in [2.45, 2.75) is 64.3 Å². The first-order valence-corrected chi connectivity index (χ1v) is 10.2. The van der Waals surface area contributed by atoms with Gasteiger partial charge >= 0.3 is 0 Å². The molecule has 0 N–H and O–H groups in total. The van der Waals surface area contributed by atoms with Gasteiger partial charge in [0.2, 0.25) is 0 Å². The number of carbonyl (C=O) groups excluding carboxylic acids is 1. The van der Waals surface area contributed by atoms with E-state index in [4.69, 9.17) is 16.0 Å². The molecule has 4 nitrogen and oxygen atoms in total. The number of nitrogens with zero attached hydrogens (tertiary/aromatic N) is 1.